The topological polar surface area (TPSA) is 63.6 Å². The smallest absolute Gasteiger partial charge is 0.306 e. The van der Waals surface area contributed by atoms with Crippen LogP contribution in [0.1, 0.15) is 50.4 Å². The number of esters is 1. The van der Waals surface area contributed by atoms with Crippen molar-refractivity contribution in [2.75, 3.05) is 0 Å². The Kier molecular flexibility index (Phi) is 5.10. The molecule has 0 heterocycles. The van der Waals surface area contributed by atoms with E-state index in [2.05, 4.69) is 0 Å². The lowest BCUT2D eigenvalue weighted by atomic mass is 10.1. The van der Waals surface area contributed by atoms with Gasteiger partial charge in [-0.1, -0.05) is 12.1 Å². The Balaban J connectivity index is 2.37. The number of hydrogen-bond acceptors (Lipinski definition) is 4. The Bertz CT molecular complexity index is 457. The van der Waals surface area contributed by atoms with Crippen molar-refractivity contribution < 1.29 is 19.4 Å². The summed E-state index contributed by atoms with van der Waals surface area (Å²) in [7, 11) is 0. The third-order valence-corrected chi connectivity index (χ3v) is 2.37. The summed E-state index contributed by atoms with van der Waals surface area (Å²) in [6.07, 6.45) is 0.938. The zero-order valence-corrected chi connectivity index (χ0v) is 11.6. The highest BCUT2D eigenvalue weighted by Gasteiger charge is 2.16. The molecule has 0 saturated heterocycles. The van der Waals surface area contributed by atoms with Crippen LogP contribution in [-0.2, 0) is 9.53 Å². The zero-order valence-electron chi connectivity index (χ0n) is 11.6. The van der Waals surface area contributed by atoms with Crippen LogP contribution in [0.5, 0.6) is 5.75 Å². The predicted molar refractivity (Wildman–Crippen MR) is 72.1 cm³/mol. The fraction of sp³-hybridized carbons (Fsp3) is 0.467. The van der Waals surface area contributed by atoms with Crippen LogP contribution in [0.25, 0.3) is 0 Å². The first kappa shape index (κ1) is 15.2. The Labute approximate surface area is 113 Å². The second-order valence-corrected chi connectivity index (χ2v) is 5.41. The van der Waals surface area contributed by atoms with Crippen molar-refractivity contribution in [3.63, 3.8) is 0 Å². The van der Waals surface area contributed by atoms with Crippen LogP contribution in [0.2, 0.25) is 0 Å². The molecule has 0 amide bonds. The summed E-state index contributed by atoms with van der Waals surface area (Å²) in [5, 5.41) is 9.28. The molecule has 0 saturated carbocycles. The molecule has 1 aromatic rings. The van der Waals surface area contributed by atoms with Gasteiger partial charge in [0, 0.05) is 18.4 Å². The van der Waals surface area contributed by atoms with Crippen LogP contribution in [0.4, 0.5) is 0 Å². The molecule has 0 fully saturated rings. The molecule has 0 aliphatic rings. The predicted octanol–water partition coefficient (Wildman–Crippen LogP) is 3.09. The molecule has 19 heavy (non-hydrogen) atoms. The van der Waals surface area contributed by atoms with Gasteiger partial charge >= 0.3 is 5.97 Å². The molecule has 0 bridgehead atoms. The zero-order chi connectivity index (χ0) is 14.5. The van der Waals surface area contributed by atoms with E-state index in [0.717, 1.165) is 0 Å². The van der Waals surface area contributed by atoms with Crippen LogP contribution < -0.4 is 0 Å². The van der Waals surface area contributed by atoms with E-state index >= 15 is 0 Å². The maximum absolute atomic E-state index is 11.8. The van der Waals surface area contributed by atoms with Crippen LogP contribution in [0.3, 0.4) is 0 Å². The first-order chi connectivity index (χ1) is 8.78. The van der Waals surface area contributed by atoms with Crippen LogP contribution in [-0.4, -0.2) is 22.5 Å². The van der Waals surface area contributed by atoms with Gasteiger partial charge < -0.3 is 9.84 Å². The fourth-order valence-corrected chi connectivity index (χ4v) is 1.61. The number of hydrogen-bond donors (Lipinski definition) is 1. The minimum absolute atomic E-state index is 0.0676. The maximum atomic E-state index is 11.8. The van der Waals surface area contributed by atoms with Gasteiger partial charge in [0.05, 0.1) is 0 Å². The van der Waals surface area contributed by atoms with Crippen molar-refractivity contribution in [1.29, 1.82) is 0 Å². The minimum Gasteiger partial charge on any atom is -0.508 e. The van der Waals surface area contributed by atoms with Crippen LogP contribution >= 0.6 is 0 Å². The number of carbonyl (C=O) groups excluding carboxylic acids is 2. The quantitative estimate of drug-likeness (QED) is 0.655. The van der Waals surface area contributed by atoms with E-state index in [9.17, 15) is 14.7 Å². The molecular formula is C15H20O4. The average Bonchev–Trinajstić information content (AvgIpc) is 2.26. The number of phenols is 1. The van der Waals surface area contributed by atoms with Crippen LogP contribution in [0.15, 0.2) is 24.3 Å². The summed E-state index contributed by atoms with van der Waals surface area (Å²) < 4.78 is 5.15. The van der Waals surface area contributed by atoms with E-state index in [0.29, 0.717) is 12.0 Å². The first-order valence-corrected chi connectivity index (χ1v) is 6.32. The van der Waals surface area contributed by atoms with E-state index < -0.39 is 5.60 Å². The lowest BCUT2D eigenvalue weighted by molar-refractivity contribution is -0.154. The number of ether oxygens (including phenoxy) is 1. The molecular weight excluding hydrogens is 244 g/mol. The lowest BCUT2D eigenvalue weighted by Crippen LogP contribution is -2.23. The monoisotopic (exact) mass is 264 g/mol. The number of benzene rings is 1. The van der Waals surface area contributed by atoms with Gasteiger partial charge in [-0.15, -0.1) is 0 Å². The summed E-state index contributed by atoms with van der Waals surface area (Å²) in [4.78, 5) is 23.3. The highest BCUT2D eigenvalue weighted by atomic mass is 16.6. The van der Waals surface area contributed by atoms with Crippen molar-refractivity contribution in [3.8, 4) is 5.75 Å². The lowest BCUT2D eigenvalue weighted by Gasteiger charge is -2.19. The number of ketones is 1. The van der Waals surface area contributed by atoms with Crippen molar-refractivity contribution in [2.45, 2.75) is 45.6 Å². The molecule has 0 radical (unpaired) electrons. The van der Waals surface area contributed by atoms with Gasteiger partial charge in [0.1, 0.15) is 11.4 Å². The number of Topliss-reactive ketones (excluding diaryl/α,β-unsaturated/α-hetero) is 1. The second kappa shape index (κ2) is 6.36. The molecule has 4 nitrogen and oxygen atoms in total. The van der Waals surface area contributed by atoms with Gasteiger partial charge in [0.25, 0.3) is 0 Å². The van der Waals surface area contributed by atoms with Gasteiger partial charge in [-0.2, -0.15) is 0 Å². The van der Waals surface area contributed by atoms with Crippen molar-refractivity contribution in [3.05, 3.63) is 29.8 Å². The van der Waals surface area contributed by atoms with Gasteiger partial charge in [0.2, 0.25) is 0 Å². The Morgan fingerprint density at radius 3 is 2.47 bits per heavy atom. The Morgan fingerprint density at radius 1 is 1.21 bits per heavy atom. The molecule has 0 aliphatic carbocycles. The molecule has 0 atom stereocenters. The molecule has 0 aromatic heterocycles. The standard InChI is InChI=1S/C15H20O4/c1-15(2,3)19-14(18)9-5-8-13(17)11-6-4-7-12(16)10-11/h4,6-7,10,16H,5,8-9H2,1-3H3. The summed E-state index contributed by atoms with van der Waals surface area (Å²) in [5.41, 5.74) is -0.0315. The molecule has 1 N–H and O–H groups in total. The summed E-state index contributed by atoms with van der Waals surface area (Å²) >= 11 is 0. The van der Waals surface area contributed by atoms with E-state index in [1.54, 1.807) is 12.1 Å². The molecule has 0 spiro atoms. The summed E-state index contributed by atoms with van der Waals surface area (Å²) in [6, 6.07) is 6.21. The third kappa shape index (κ3) is 6.04. The van der Waals surface area contributed by atoms with E-state index in [1.807, 2.05) is 20.8 Å². The average molecular weight is 264 g/mol. The molecule has 0 unspecified atom stereocenters. The fourth-order valence-electron chi connectivity index (χ4n) is 1.61. The Hall–Kier alpha value is -1.84. The van der Waals surface area contributed by atoms with Gasteiger partial charge in [-0.3, -0.25) is 9.59 Å². The summed E-state index contributed by atoms with van der Waals surface area (Å²) in [5.74, 6) is -0.311. The van der Waals surface area contributed by atoms with E-state index in [-0.39, 0.29) is 30.3 Å². The van der Waals surface area contributed by atoms with Crippen LogP contribution in [0, 0.1) is 0 Å². The highest BCUT2D eigenvalue weighted by molar-refractivity contribution is 5.96. The molecule has 1 rings (SSSR count). The Morgan fingerprint density at radius 2 is 1.89 bits per heavy atom. The largest absolute Gasteiger partial charge is 0.508 e. The third-order valence-electron chi connectivity index (χ3n) is 2.37. The van der Waals surface area contributed by atoms with E-state index in [1.165, 1.54) is 12.1 Å². The minimum atomic E-state index is -0.494. The van der Waals surface area contributed by atoms with Crippen molar-refractivity contribution in [1.82, 2.24) is 0 Å². The molecule has 104 valence electrons. The SMILES string of the molecule is CC(C)(C)OC(=O)CCCC(=O)c1cccc(O)c1. The number of rotatable bonds is 5. The van der Waals surface area contributed by atoms with Crippen molar-refractivity contribution in [2.24, 2.45) is 0 Å². The second-order valence-electron chi connectivity index (χ2n) is 5.41. The number of phenolic OH excluding ortho intramolecular Hbond substituents is 1. The number of carbonyl (C=O) groups is 2. The summed E-state index contributed by atoms with van der Waals surface area (Å²) in [6.45, 7) is 5.42. The molecule has 0 aliphatic heterocycles. The van der Waals surface area contributed by atoms with Gasteiger partial charge in [-0.05, 0) is 39.3 Å². The first-order valence-electron chi connectivity index (χ1n) is 6.32. The maximum Gasteiger partial charge on any atom is 0.306 e. The molecule has 1 aromatic carbocycles. The molecule has 4 heteroatoms. The number of aromatic hydroxyl groups is 1. The highest BCUT2D eigenvalue weighted by Crippen LogP contribution is 2.15. The normalized spacial score (nSPS) is 11.1. The van der Waals surface area contributed by atoms with E-state index in [4.69, 9.17) is 4.74 Å². The van der Waals surface area contributed by atoms with Gasteiger partial charge in [0.15, 0.2) is 5.78 Å². The van der Waals surface area contributed by atoms with Crippen molar-refractivity contribution >= 4 is 11.8 Å². The van der Waals surface area contributed by atoms with Gasteiger partial charge in [-0.25, -0.2) is 0 Å².